The largest absolute Gasteiger partial charge is 0.493 e. The maximum absolute atomic E-state index is 12.4. The van der Waals surface area contributed by atoms with Gasteiger partial charge in [-0.25, -0.2) is 4.79 Å². The number of halogens is 1. The summed E-state index contributed by atoms with van der Waals surface area (Å²) in [7, 11) is 2.75. The Balaban J connectivity index is 2.25. The quantitative estimate of drug-likeness (QED) is 0.416. The Bertz CT molecular complexity index is 978. The second-order valence-electron chi connectivity index (χ2n) is 5.66. The number of nitrogens with zero attached hydrogens (tertiary/aromatic N) is 1. The number of methoxy groups -OCH3 is 2. The van der Waals surface area contributed by atoms with Crippen LogP contribution in [0.3, 0.4) is 0 Å². The molecule has 0 fully saturated rings. The molecule has 0 spiro atoms. The second-order valence-corrected chi connectivity index (χ2v) is 6.07. The van der Waals surface area contributed by atoms with Gasteiger partial charge in [-0.2, -0.15) is 5.26 Å². The van der Waals surface area contributed by atoms with Crippen molar-refractivity contribution in [3.8, 4) is 17.6 Å². The number of benzene rings is 2. The van der Waals surface area contributed by atoms with E-state index in [1.165, 1.54) is 44.6 Å². The number of hydrogen-bond donors (Lipinski definition) is 1. The van der Waals surface area contributed by atoms with Crippen LogP contribution in [0.25, 0.3) is 6.08 Å². The molecule has 0 unspecified atom stereocenters. The van der Waals surface area contributed by atoms with Gasteiger partial charge < -0.3 is 19.5 Å². The van der Waals surface area contributed by atoms with Crippen LogP contribution in [-0.4, -0.2) is 32.7 Å². The molecule has 2 rings (SSSR count). The number of ether oxygens (including phenoxy) is 3. The van der Waals surface area contributed by atoms with E-state index in [1.54, 1.807) is 12.1 Å². The predicted molar refractivity (Wildman–Crippen MR) is 109 cm³/mol. The van der Waals surface area contributed by atoms with Gasteiger partial charge in [0.05, 0.1) is 31.4 Å². The first-order valence-corrected chi connectivity index (χ1v) is 8.93. The van der Waals surface area contributed by atoms with E-state index in [0.29, 0.717) is 39.9 Å². The number of amides is 1. The first kappa shape index (κ1) is 21.8. The summed E-state index contributed by atoms with van der Waals surface area (Å²) >= 11 is 6.22. The molecule has 0 atom stereocenters. The van der Waals surface area contributed by atoms with E-state index in [4.69, 9.17) is 21.1 Å². The molecule has 0 saturated heterocycles. The Morgan fingerprint density at radius 1 is 1.21 bits per heavy atom. The number of rotatable bonds is 7. The smallest absolute Gasteiger partial charge is 0.337 e. The topological polar surface area (TPSA) is 97.7 Å². The van der Waals surface area contributed by atoms with Gasteiger partial charge in [-0.15, -0.1) is 0 Å². The van der Waals surface area contributed by atoms with E-state index < -0.39 is 11.9 Å². The molecule has 8 heteroatoms. The van der Waals surface area contributed by atoms with Crippen molar-refractivity contribution in [2.45, 2.75) is 6.92 Å². The Kier molecular flexibility index (Phi) is 7.63. The number of nitrogens with one attached hydrogen (secondary N) is 1. The zero-order valence-corrected chi connectivity index (χ0v) is 16.9. The van der Waals surface area contributed by atoms with Crippen LogP contribution in [0.2, 0.25) is 5.02 Å². The standard InChI is InChI=1S/C21H19ClN2O5/c1-4-29-19-17(22)10-13(11-18(19)27-2)9-15(12-23)20(25)24-16-7-5-14(6-8-16)21(26)28-3/h5-11H,4H2,1-3H3,(H,24,25)/b15-9+. The Morgan fingerprint density at radius 3 is 2.45 bits per heavy atom. The van der Waals surface area contributed by atoms with E-state index >= 15 is 0 Å². The van der Waals surface area contributed by atoms with Crippen molar-refractivity contribution in [3.63, 3.8) is 0 Å². The average Bonchev–Trinajstić information content (AvgIpc) is 2.73. The minimum Gasteiger partial charge on any atom is -0.493 e. The zero-order valence-electron chi connectivity index (χ0n) is 16.1. The normalized spacial score (nSPS) is 10.7. The van der Waals surface area contributed by atoms with Crippen molar-refractivity contribution in [1.82, 2.24) is 0 Å². The van der Waals surface area contributed by atoms with Gasteiger partial charge in [0.1, 0.15) is 11.6 Å². The molecule has 0 bridgehead atoms. The molecule has 7 nitrogen and oxygen atoms in total. The van der Waals surface area contributed by atoms with Gasteiger partial charge in [-0.05, 0) is 55.0 Å². The van der Waals surface area contributed by atoms with E-state index in [1.807, 2.05) is 13.0 Å². The molecule has 150 valence electrons. The van der Waals surface area contributed by atoms with Crippen LogP contribution >= 0.6 is 11.6 Å². The first-order chi connectivity index (χ1) is 13.9. The van der Waals surface area contributed by atoms with Gasteiger partial charge in [-0.1, -0.05) is 11.6 Å². The average molecular weight is 415 g/mol. The lowest BCUT2D eigenvalue weighted by molar-refractivity contribution is -0.112. The summed E-state index contributed by atoms with van der Waals surface area (Å²) in [6, 6.07) is 11.1. The van der Waals surface area contributed by atoms with Gasteiger partial charge >= 0.3 is 5.97 Å². The summed E-state index contributed by atoms with van der Waals surface area (Å²) in [6.45, 7) is 2.23. The summed E-state index contributed by atoms with van der Waals surface area (Å²) in [6.07, 6.45) is 1.39. The molecule has 2 aromatic rings. The minimum absolute atomic E-state index is 0.135. The number of esters is 1. The number of carbonyl (C=O) groups excluding carboxylic acids is 2. The fraction of sp³-hybridized carbons (Fsp3) is 0.190. The van der Waals surface area contributed by atoms with Crippen LogP contribution in [0, 0.1) is 11.3 Å². The predicted octanol–water partition coefficient (Wildman–Crippen LogP) is 4.08. The highest BCUT2D eigenvalue weighted by molar-refractivity contribution is 6.32. The van der Waals surface area contributed by atoms with Gasteiger partial charge in [0.2, 0.25) is 0 Å². The fourth-order valence-corrected chi connectivity index (χ4v) is 2.70. The highest BCUT2D eigenvalue weighted by Crippen LogP contribution is 2.37. The van der Waals surface area contributed by atoms with Crippen LogP contribution < -0.4 is 14.8 Å². The van der Waals surface area contributed by atoms with Crippen molar-refractivity contribution in [3.05, 3.63) is 58.1 Å². The Hall–Kier alpha value is -3.50. The van der Waals surface area contributed by atoms with E-state index in [-0.39, 0.29) is 5.57 Å². The summed E-state index contributed by atoms with van der Waals surface area (Å²) in [5.41, 5.74) is 1.14. The van der Waals surface area contributed by atoms with Gasteiger partial charge in [0.15, 0.2) is 11.5 Å². The summed E-state index contributed by atoms with van der Waals surface area (Å²) in [5.74, 6) is -0.312. The highest BCUT2D eigenvalue weighted by Gasteiger charge is 2.14. The summed E-state index contributed by atoms with van der Waals surface area (Å²) < 4.78 is 15.3. The minimum atomic E-state index is -0.609. The lowest BCUT2D eigenvalue weighted by Gasteiger charge is -2.12. The van der Waals surface area contributed by atoms with Crippen LogP contribution in [0.1, 0.15) is 22.8 Å². The first-order valence-electron chi connectivity index (χ1n) is 8.55. The molecule has 1 amide bonds. The molecule has 1 N–H and O–H groups in total. The number of hydrogen-bond acceptors (Lipinski definition) is 6. The molecule has 2 aromatic carbocycles. The van der Waals surface area contributed by atoms with Crippen molar-refractivity contribution in [2.24, 2.45) is 0 Å². The Labute approximate surface area is 173 Å². The number of nitriles is 1. The third kappa shape index (κ3) is 5.50. The van der Waals surface area contributed by atoms with Gasteiger partial charge in [0.25, 0.3) is 5.91 Å². The molecule has 0 aliphatic carbocycles. The maximum atomic E-state index is 12.4. The van der Waals surface area contributed by atoms with Crippen LogP contribution in [-0.2, 0) is 9.53 Å². The molecule has 0 radical (unpaired) electrons. The molecule has 0 aliphatic rings. The zero-order chi connectivity index (χ0) is 21.4. The summed E-state index contributed by atoms with van der Waals surface area (Å²) in [4.78, 5) is 23.9. The van der Waals surface area contributed by atoms with E-state index in [2.05, 4.69) is 10.1 Å². The lowest BCUT2D eigenvalue weighted by atomic mass is 10.1. The van der Waals surface area contributed by atoms with Crippen molar-refractivity contribution >= 4 is 35.2 Å². The SMILES string of the molecule is CCOc1c(Cl)cc(/C=C(\C#N)C(=O)Nc2ccc(C(=O)OC)cc2)cc1OC. The van der Waals surface area contributed by atoms with Crippen LogP contribution in [0.4, 0.5) is 5.69 Å². The molecular weight excluding hydrogens is 396 g/mol. The van der Waals surface area contributed by atoms with Crippen LogP contribution in [0.5, 0.6) is 11.5 Å². The molecule has 0 aromatic heterocycles. The van der Waals surface area contributed by atoms with Crippen molar-refractivity contribution in [2.75, 3.05) is 26.1 Å². The molecular formula is C21H19ClN2O5. The molecule has 0 saturated carbocycles. The molecule has 29 heavy (non-hydrogen) atoms. The third-order valence-electron chi connectivity index (χ3n) is 3.78. The van der Waals surface area contributed by atoms with Crippen LogP contribution in [0.15, 0.2) is 42.0 Å². The number of anilines is 1. The monoisotopic (exact) mass is 414 g/mol. The molecule has 0 aliphatic heterocycles. The maximum Gasteiger partial charge on any atom is 0.337 e. The molecule has 0 heterocycles. The van der Waals surface area contributed by atoms with Crippen molar-refractivity contribution in [1.29, 1.82) is 5.26 Å². The van der Waals surface area contributed by atoms with E-state index in [0.717, 1.165) is 0 Å². The van der Waals surface area contributed by atoms with Gasteiger partial charge in [0, 0.05) is 5.69 Å². The highest BCUT2D eigenvalue weighted by atomic mass is 35.5. The Morgan fingerprint density at radius 2 is 1.90 bits per heavy atom. The van der Waals surface area contributed by atoms with E-state index in [9.17, 15) is 14.9 Å². The third-order valence-corrected chi connectivity index (χ3v) is 4.06. The van der Waals surface area contributed by atoms with Crippen molar-refractivity contribution < 1.29 is 23.8 Å². The lowest BCUT2D eigenvalue weighted by Crippen LogP contribution is -2.13. The second kappa shape index (κ2) is 10.2. The summed E-state index contributed by atoms with van der Waals surface area (Å²) in [5, 5.41) is 12.3. The fourth-order valence-electron chi connectivity index (χ4n) is 2.43. The number of carbonyl (C=O) groups is 2. The van der Waals surface area contributed by atoms with Gasteiger partial charge in [-0.3, -0.25) is 4.79 Å².